The minimum Gasteiger partial charge on any atom is -0.340 e. The third kappa shape index (κ3) is 4.64. The van der Waals surface area contributed by atoms with Crippen molar-refractivity contribution in [2.45, 2.75) is 13.3 Å². The molecule has 0 unspecified atom stereocenters. The van der Waals surface area contributed by atoms with Gasteiger partial charge in [-0.05, 0) is 24.3 Å². The van der Waals surface area contributed by atoms with Crippen LogP contribution in [0.4, 0.5) is 0 Å². The van der Waals surface area contributed by atoms with Crippen molar-refractivity contribution in [2.24, 2.45) is 0 Å². The summed E-state index contributed by atoms with van der Waals surface area (Å²) in [6, 6.07) is 6.89. The SMILES string of the molecule is Cc1nc(CC(=O)N2CCN(CC(=O)c3ccc(Cl)cc3)CC2)no1. The second-order valence-electron chi connectivity index (χ2n) is 5.99. The topological polar surface area (TPSA) is 79.5 Å². The molecule has 0 N–H and O–H groups in total. The van der Waals surface area contributed by atoms with E-state index in [0.29, 0.717) is 55.0 Å². The number of carbonyl (C=O) groups excluding carboxylic acids is 2. The lowest BCUT2D eigenvalue weighted by Gasteiger charge is -2.34. The van der Waals surface area contributed by atoms with Crippen molar-refractivity contribution in [3.05, 3.63) is 46.6 Å². The normalized spacial score (nSPS) is 15.4. The van der Waals surface area contributed by atoms with Gasteiger partial charge < -0.3 is 9.42 Å². The van der Waals surface area contributed by atoms with Gasteiger partial charge in [-0.2, -0.15) is 4.98 Å². The maximum Gasteiger partial charge on any atom is 0.230 e. The molecular weight excluding hydrogens is 344 g/mol. The van der Waals surface area contributed by atoms with Gasteiger partial charge in [0, 0.05) is 43.7 Å². The first-order valence-corrected chi connectivity index (χ1v) is 8.47. The van der Waals surface area contributed by atoms with Gasteiger partial charge in [0.2, 0.25) is 11.8 Å². The molecule has 0 radical (unpaired) electrons. The molecule has 8 heteroatoms. The molecule has 0 atom stereocenters. The first kappa shape index (κ1) is 17.6. The standard InChI is InChI=1S/C17H19ClN4O3/c1-12-19-16(20-25-12)10-17(24)22-8-6-21(7-9-22)11-15(23)13-2-4-14(18)5-3-13/h2-5H,6-11H2,1H3. The zero-order chi connectivity index (χ0) is 17.8. The van der Waals surface area contributed by atoms with E-state index < -0.39 is 0 Å². The molecule has 1 saturated heterocycles. The van der Waals surface area contributed by atoms with Gasteiger partial charge in [0.1, 0.15) is 0 Å². The molecule has 3 rings (SSSR count). The van der Waals surface area contributed by atoms with Crippen LogP contribution >= 0.6 is 11.6 Å². The van der Waals surface area contributed by atoms with E-state index in [-0.39, 0.29) is 18.1 Å². The molecule has 0 spiro atoms. The van der Waals surface area contributed by atoms with Crippen LogP contribution in [0.2, 0.25) is 5.02 Å². The number of halogens is 1. The summed E-state index contributed by atoms with van der Waals surface area (Å²) >= 11 is 5.84. The van der Waals surface area contributed by atoms with Gasteiger partial charge in [0.15, 0.2) is 11.6 Å². The molecule has 0 aliphatic carbocycles. The molecular formula is C17H19ClN4O3. The lowest BCUT2D eigenvalue weighted by molar-refractivity contribution is -0.132. The number of hydrogen-bond acceptors (Lipinski definition) is 6. The summed E-state index contributed by atoms with van der Waals surface area (Å²) in [6.07, 6.45) is 0.140. The summed E-state index contributed by atoms with van der Waals surface area (Å²) in [7, 11) is 0. The summed E-state index contributed by atoms with van der Waals surface area (Å²) in [5, 5.41) is 4.36. The third-order valence-corrected chi connectivity index (χ3v) is 4.39. The van der Waals surface area contributed by atoms with Crippen molar-refractivity contribution in [3.8, 4) is 0 Å². The molecule has 1 aliphatic heterocycles. The number of amides is 1. The Bertz CT molecular complexity index is 752. The average Bonchev–Trinajstić information content (AvgIpc) is 3.01. The number of piperazine rings is 1. The quantitative estimate of drug-likeness (QED) is 0.752. The van der Waals surface area contributed by atoms with Crippen LogP contribution in [0.15, 0.2) is 28.8 Å². The van der Waals surface area contributed by atoms with Crippen LogP contribution in [0.1, 0.15) is 22.1 Å². The number of carbonyl (C=O) groups is 2. The molecule has 1 amide bonds. The summed E-state index contributed by atoms with van der Waals surface area (Å²) in [5.41, 5.74) is 0.649. The van der Waals surface area contributed by atoms with E-state index in [9.17, 15) is 9.59 Å². The highest BCUT2D eigenvalue weighted by molar-refractivity contribution is 6.30. The summed E-state index contributed by atoms with van der Waals surface area (Å²) in [5.74, 6) is 0.888. The number of aryl methyl sites for hydroxylation is 1. The maximum absolute atomic E-state index is 12.3. The van der Waals surface area contributed by atoms with Crippen molar-refractivity contribution >= 4 is 23.3 Å². The van der Waals surface area contributed by atoms with Crippen LogP contribution in [-0.2, 0) is 11.2 Å². The van der Waals surface area contributed by atoms with Crippen molar-refractivity contribution in [3.63, 3.8) is 0 Å². The van der Waals surface area contributed by atoms with Crippen molar-refractivity contribution < 1.29 is 14.1 Å². The van der Waals surface area contributed by atoms with E-state index in [1.165, 1.54) is 0 Å². The molecule has 1 aliphatic rings. The van der Waals surface area contributed by atoms with Crippen molar-refractivity contribution in [2.75, 3.05) is 32.7 Å². The predicted molar refractivity (Wildman–Crippen MR) is 91.5 cm³/mol. The predicted octanol–water partition coefficient (Wildman–Crippen LogP) is 1.60. The Morgan fingerprint density at radius 2 is 1.84 bits per heavy atom. The van der Waals surface area contributed by atoms with Crippen LogP contribution in [0, 0.1) is 6.92 Å². The second-order valence-corrected chi connectivity index (χ2v) is 6.43. The maximum atomic E-state index is 12.3. The number of Topliss-reactive ketones (excluding diaryl/α,β-unsaturated/α-hetero) is 1. The smallest absolute Gasteiger partial charge is 0.230 e. The summed E-state index contributed by atoms with van der Waals surface area (Å²) < 4.78 is 4.88. The average molecular weight is 363 g/mol. The fourth-order valence-corrected chi connectivity index (χ4v) is 2.87. The molecule has 2 heterocycles. The van der Waals surface area contributed by atoms with Crippen LogP contribution < -0.4 is 0 Å². The number of nitrogens with zero attached hydrogens (tertiary/aromatic N) is 4. The van der Waals surface area contributed by atoms with Gasteiger partial charge in [0.25, 0.3) is 0 Å². The number of rotatable bonds is 5. The minimum atomic E-state index is -0.0236. The van der Waals surface area contributed by atoms with Crippen LogP contribution in [0.3, 0.4) is 0 Å². The molecule has 7 nitrogen and oxygen atoms in total. The van der Waals surface area contributed by atoms with Crippen LogP contribution in [-0.4, -0.2) is 64.4 Å². The van der Waals surface area contributed by atoms with Gasteiger partial charge in [-0.15, -0.1) is 0 Å². The molecule has 2 aromatic rings. The number of benzene rings is 1. The molecule has 132 valence electrons. The number of ketones is 1. The van der Waals surface area contributed by atoms with E-state index >= 15 is 0 Å². The van der Waals surface area contributed by atoms with Gasteiger partial charge >= 0.3 is 0 Å². The van der Waals surface area contributed by atoms with E-state index in [0.717, 1.165) is 0 Å². The fourth-order valence-electron chi connectivity index (χ4n) is 2.75. The Hall–Kier alpha value is -2.25. The Labute approximate surface area is 150 Å². The minimum absolute atomic E-state index is 0.0236. The molecule has 1 aromatic heterocycles. The Morgan fingerprint density at radius 1 is 1.16 bits per heavy atom. The van der Waals surface area contributed by atoms with E-state index in [1.807, 2.05) is 0 Å². The summed E-state index contributed by atoms with van der Waals surface area (Å²) in [4.78, 5) is 32.4. The van der Waals surface area contributed by atoms with Crippen LogP contribution in [0.25, 0.3) is 0 Å². The first-order chi connectivity index (χ1) is 12.0. The Kier molecular flexibility index (Phi) is 5.45. The number of aromatic nitrogens is 2. The zero-order valence-electron chi connectivity index (χ0n) is 13.9. The third-order valence-electron chi connectivity index (χ3n) is 4.14. The van der Waals surface area contributed by atoms with Gasteiger partial charge in [-0.3, -0.25) is 14.5 Å². The van der Waals surface area contributed by atoms with E-state index in [4.69, 9.17) is 16.1 Å². The van der Waals surface area contributed by atoms with Crippen LogP contribution in [0.5, 0.6) is 0 Å². The molecule has 0 saturated carbocycles. The Balaban J connectivity index is 1.47. The van der Waals surface area contributed by atoms with Gasteiger partial charge in [-0.25, -0.2) is 0 Å². The van der Waals surface area contributed by atoms with E-state index in [1.54, 1.807) is 36.1 Å². The monoisotopic (exact) mass is 362 g/mol. The van der Waals surface area contributed by atoms with Gasteiger partial charge in [-0.1, -0.05) is 16.8 Å². The molecule has 1 fully saturated rings. The number of hydrogen-bond donors (Lipinski definition) is 0. The van der Waals surface area contributed by atoms with Crippen molar-refractivity contribution in [1.82, 2.24) is 19.9 Å². The first-order valence-electron chi connectivity index (χ1n) is 8.09. The van der Waals surface area contributed by atoms with Crippen molar-refractivity contribution in [1.29, 1.82) is 0 Å². The highest BCUT2D eigenvalue weighted by Crippen LogP contribution is 2.11. The highest BCUT2D eigenvalue weighted by atomic mass is 35.5. The molecule has 1 aromatic carbocycles. The lowest BCUT2D eigenvalue weighted by Crippen LogP contribution is -2.50. The summed E-state index contributed by atoms with van der Waals surface area (Å²) in [6.45, 7) is 4.53. The Morgan fingerprint density at radius 3 is 2.44 bits per heavy atom. The largest absolute Gasteiger partial charge is 0.340 e. The van der Waals surface area contributed by atoms with E-state index in [2.05, 4.69) is 15.0 Å². The molecule has 0 bridgehead atoms. The lowest BCUT2D eigenvalue weighted by atomic mass is 10.1. The fraction of sp³-hybridized carbons (Fsp3) is 0.412. The zero-order valence-corrected chi connectivity index (χ0v) is 14.7. The highest BCUT2D eigenvalue weighted by Gasteiger charge is 2.23. The second kappa shape index (κ2) is 7.76. The van der Waals surface area contributed by atoms with Gasteiger partial charge in [0.05, 0.1) is 13.0 Å². The molecule has 25 heavy (non-hydrogen) atoms.